The summed E-state index contributed by atoms with van der Waals surface area (Å²) < 4.78 is 5.06. The smallest absolute Gasteiger partial charge is 0.254 e. The molecule has 3 N–H and O–H groups in total. The van der Waals surface area contributed by atoms with E-state index < -0.39 is 0 Å². The van der Waals surface area contributed by atoms with E-state index in [9.17, 15) is 4.79 Å². The lowest BCUT2D eigenvalue weighted by Gasteiger charge is -2.10. The topological polar surface area (TPSA) is 68.3 Å². The Balaban J connectivity index is 2.40. The molecule has 1 amide bonds. The Morgan fingerprint density at radius 3 is 2.93 bits per heavy atom. The van der Waals surface area contributed by atoms with Crippen molar-refractivity contribution in [3.05, 3.63) is 23.7 Å². The fraction of sp³-hybridized carbons (Fsp3) is 0.545. The van der Waals surface area contributed by atoms with Crippen LogP contribution in [0.25, 0.3) is 0 Å². The van der Waals surface area contributed by atoms with Gasteiger partial charge in [-0.15, -0.1) is 0 Å². The van der Waals surface area contributed by atoms with E-state index in [0.717, 1.165) is 6.42 Å². The van der Waals surface area contributed by atoms with Crippen molar-refractivity contribution in [2.24, 2.45) is 11.7 Å². The first-order valence-corrected chi connectivity index (χ1v) is 5.17. The standard InChI is InChI=1S/C11H18N2O2/c1-8(3-5-12)7-13-11(14)10-4-6-15-9(10)2/h4,6,8H,3,5,7,12H2,1-2H3,(H,13,14). The predicted octanol–water partition coefficient (Wildman–Crippen LogP) is 1.30. The first-order valence-electron chi connectivity index (χ1n) is 5.17. The van der Waals surface area contributed by atoms with Crippen LogP contribution in [0.4, 0.5) is 0 Å². The van der Waals surface area contributed by atoms with Crippen LogP contribution >= 0.6 is 0 Å². The molecular weight excluding hydrogens is 192 g/mol. The SMILES string of the molecule is Cc1occc1C(=O)NCC(C)CCN. The molecular formula is C11H18N2O2. The van der Waals surface area contributed by atoms with Crippen molar-refractivity contribution < 1.29 is 9.21 Å². The van der Waals surface area contributed by atoms with Crippen LogP contribution in [-0.4, -0.2) is 19.0 Å². The molecule has 0 aliphatic rings. The minimum atomic E-state index is -0.0786. The normalized spacial score (nSPS) is 12.5. The Kier molecular flexibility index (Phi) is 4.37. The third-order valence-electron chi connectivity index (χ3n) is 2.37. The predicted molar refractivity (Wildman–Crippen MR) is 58.6 cm³/mol. The van der Waals surface area contributed by atoms with Gasteiger partial charge in [0, 0.05) is 6.54 Å². The molecule has 1 aromatic heterocycles. The van der Waals surface area contributed by atoms with Crippen LogP contribution in [0.3, 0.4) is 0 Å². The summed E-state index contributed by atoms with van der Waals surface area (Å²) in [5.74, 6) is 0.982. The van der Waals surface area contributed by atoms with Crippen molar-refractivity contribution in [1.29, 1.82) is 0 Å². The third-order valence-corrected chi connectivity index (χ3v) is 2.37. The molecule has 0 bridgehead atoms. The van der Waals surface area contributed by atoms with Gasteiger partial charge in [0.05, 0.1) is 11.8 Å². The zero-order chi connectivity index (χ0) is 11.3. The Morgan fingerprint density at radius 1 is 1.67 bits per heavy atom. The molecule has 0 aliphatic carbocycles. The van der Waals surface area contributed by atoms with Gasteiger partial charge in [0.15, 0.2) is 0 Å². The maximum atomic E-state index is 11.6. The van der Waals surface area contributed by atoms with E-state index in [1.165, 1.54) is 6.26 Å². The highest BCUT2D eigenvalue weighted by Gasteiger charge is 2.11. The molecule has 0 saturated carbocycles. The zero-order valence-electron chi connectivity index (χ0n) is 9.25. The lowest BCUT2D eigenvalue weighted by atomic mass is 10.1. The average molecular weight is 210 g/mol. The highest BCUT2D eigenvalue weighted by Crippen LogP contribution is 2.08. The lowest BCUT2D eigenvalue weighted by Crippen LogP contribution is -2.29. The molecule has 1 rings (SSSR count). The summed E-state index contributed by atoms with van der Waals surface area (Å²) in [6, 6.07) is 1.68. The van der Waals surface area contributed by atoms with Gasteiger partial charge in [0.2, 0.25) is 0 Å². The van der Waals surface area contributed by atoms with Gasteiger partial charge in [-0.05, 0) is 31.9 Å². The maximum Gasteiger partial charge on any atom is 0.254 e. The Morgan fingerprint density at radius 2 is 2.40 bits per heavy atom. The molecule has 1 heterocycles. The van der Waals surface area contributed by atoms with Crippen LogP contribution in [0, 0.1) is 12.8 Å². The molecule has 4 heteroatoms. The van der Waals surface area contributed by atoms with E-state index >= 15 is 0 Å². The number of hydrogen-bond donors (Lipinski definition) is 2. The fourth-order valence-electron chi connectivity index (χ4n) is 1.37. The number of carbonyl (C=O) groups excluding carboxylic acids is 1. The van der Waals surface area contributed by atoms with Gasteiger partial charge < -0.3 is 15.5 Å². The molecule has 84 valence electrons. The number of furan rings is 1. The van der Waals surface area contributed by atoms with Crippen LogP contribution in [0.1, 0.15) is 29.5 Å². The van der Waals surface area contributed by atoms with Gasteiger partial charge in [-0.2, -0.15) is 0 Å². The van der Waals surface area contributed by atoms with Gasteiger partial charge >= 0.3 is 0 Å². The van der Waals surface area contributed by atoms with Crippen molar-refractivity contribution in [1.82, 2.24) is 5.32 Å². The van der Waals surface area contributed by atoms with Gasteiger partial charge in [-0.3, -0.25) is 4.79 Å². The summed E-state index contributed by atoms with van der Waals surface area (Å²) in [5.41, 5.74) is 6.03. The molecule has 1 atom stereocenters. The number of nitrogens with two attached hydrogens (primary N) is 1. The quantitative estimate of drug-likeness (QED) is 0.769. The van der Waals surface area contributed by atoms with Crippen LogP contribution in [0.2, 0.25) is 0 Å². The van der Waals surface area contributed by atoms with Crippen LogP contribution in [0.5, 0.6) is 0 Å². The molecule has 1 unspecified atom stereocenters. The van der Waals surface area contributed by atoms with E-state index in [2.05, 4.69) is 12.2 Å². The van der Waals surface area contributed by atoms with E-state index in [-0.39, 0.29) is 5.91 Å². The maximum absolute atomic E-state index is 11.6. The molecule has 0 fully saturated rings. The third kappa shape index (κ3) is 3.40. The summed E-state index contributed by atoms with van der Waals surface area (Å²) in [5, 5.41) is 2.86. The largest absolute Gasteiger partial charge is 0.469 e. The minimum Gasteiger partial charge on any atom is -0.469 e. The number of hydrogen-bond acceptors (Lipinski definition) is 3. The molecule has 0 spiro atoms. The van der Waals surface area contributed by atoms with Crippen molar-refractivity contribution in [2.75, 3.05) is 13.1 Å². The van der Waals surface area contributed by atoms with Gasteiger partial charge in [-0.1, -0.05) is 6.92 Å². The molecule has 15 heavy (non-hydrogen) atoms. The highest BCUT2D eigenvalue weighted by atomic mass is 16.3. The molecule has 0 saturated heterocycles. The average Bonchev–Trinajstić information content (AvgIpc) is 2.61. The molecule has 1 aromatic rings. The van der Waals surface area contributed by atoms with E-state index in [4.69, 9.17) is 10.2 Å². The van der Waals surface area contributed by atoms with E-state index in [0.29, 0.717) is 30.3 Å². The second-order valence-corrected chi connectivity index (χ2v) is 3.78. The minimum absolute atomic E-state index is 0.0786. The van der Waals surface area contributed by atoms with Crippen LogP contribution in [-0.2, 0) is 0 Å². The second-order valence-electron chi connectivity index (χ2n) is 3.78. The van der Waals surface area contributed by atoms with Gasteiger partial charge in [0.25, 0.3) is 5.91 Å². The first kappa shape index (κ1) is 11.8. The monoisotopic (exact) mass is 210 g/mol. The van der Waals surface area contributed by atoms with E-state index in [1.807, 2.05) is 0 Å². The summed E-state index contributed by atoms with van der Waals surface area (Å²) in [6.07, 6.45) is 2.44. The van der Waals surface area contributed by atoms with Crippen LogP contribution < -0.4 is 11.1 Å². The Hall–Kier alpha value is -1.29. The summed E-state index contributed by atoms with van der Waals surface area (Å²) in [4.78, 5) is 11.6. The van der Waals surface area contributed by atoms with Gasteiger partial charge in [0.1, 0.15) is 5.76 Å². The number of aryl methyl sites for hydroxylation is 1. The summed E-state index contributed by atoms with van der Waals surface area (Å²) in [7, 11) is 0. The van der Waals surface area contributed by atoms with Crippen molar-refractivity contribution >= 4 is 5.91 Å². The highest BCUT2D eigenvalue weighted by molar-refractivity contribution is 5.94. The Labute approximate surface area is 89.8 Å². The zero-order valence-corrected chi connectivity index (χ0v) is 9.25. The number of rotatable bonds is 5. The number of carbonyl (C=O) groups is 1. The fourth-order valence-corrected chi connectivity index (χ4v) is 1.37. The van der Waals surface area contributed by atoms with Crippen molar-refractivity contribution in [3.63, 3.8) is 0 Å². The number of nitrogens with one attached hydrogen (secondary N) is 1. The van der Waals surface area contributed by atoms with E-state index in [1.54, 1.807) is 13.0 Å². The second kappa shape index (κ2) is 5.56. The van der Waals surface area contributed by atoms with Crippen LogP contribution in [0.15, 0.2) is 16.7 Å². The Bertz CT molecular complexity index is 320. The molecule has 0 aliphatic heterocycles. The molecule has 4 nitrogen and oxygen atoms in total. The van der Waals surface area contributed by atoms with Crippen molar-refractivity contribution in [2.45, 2.75) is 20.3 Å². The lowest BCUT2D eigenvalue weighted by molar-refractivity contribution is 0.0946. The number of amides is 1. The van der Waals surface area contributed by atoms with Crippen molar-refractivity contribution in [3.8, 4) is 0 Å². The first-order chi connectivity index (χ1) is 7.15. The molecule has 0 aromatic carbocycles. The molecule has 0 radical (unpaired) electrons. The summed E-state index contributed by atoms with van der Waals surface area (Å²) in [6.45, 7) is 5.15. The summed E-state index contributed by atoms with van der Waals surface area (Å²) >= 11 is 0. The van der Waals surface area contributed by atoms with Gasteiger partial charge in [-0.25, -0.2) is 0 Å².